The molecule has 0 bridgehead atoms. The Morgan fingerprint density at radius 2 is 1.54 bits per heavy atom. The third kappa shape index (κ3) is 4.70. The molecule has 0 amide bonds. The first-order valence-electron chi connectivity index (χ1n) is 12.3. The van der Waals surface area contributed by atoms with Crippen molar-refractivity contribution in [1.82, 2.24) is 0 Å². The van der Waals surface area contributed by atoms with Crippen LogP contribution in [0.3, 0.4) is 0 Å². The number of phenols is 2. The maximum absolute atomic E-state index is 13.1. The SMILES string of the molecule is C[C@@H]1O[C@@H](O[C@H]2C(=O)[C@@H](O)[C@H](C)O[C@@H]2c2c(O)cc3oc(-c4ccccc4)cc(=O)c3c2O)[C@H](O)[C@H](O)[C@H]1O. The highest BCUT2D eigenvalue weighted by Gasteiger charge is 2.50. The van der Waals surface area contributed by atoms with Gasteiger partial charge in [-0.25, -0.2) is 0 Å². The number of benzene rings is 2. The summed E-state index contributed by atoms with van der Waals surface area (Å²) in [6, 6.07) is 11.0. The second-order valence-corrected chi connectivity index (χ2v) is 9.72. The Morgan fingerprint density at radius 1 is 0.846 bits per heavy atom. The standard InChI is InChI=1S/C27H28O12/c1-10-20(31)23(34)26(39-27-24(35)22(33)19(30)11(2)37-27)25(36-10)18-14(29)9-16-17(21(18)32)13(28)8-15(38-16)12-6-4-3-5-7-12/h3-11,19-20,22,24-27,29-33,35H,1-2H3/t10-,11-,19-,20-,22+,24+,25+,26-,27-/m0/s1. The number of carbonyl (C=O) groups is 1. The number of hydrogen-bond donors (Lipinski definition) is 6. The lowest BCUT2D eigenvalue weighted by Gasteiger charge is -2.43. The van der Waals surface area contributed by atoms with Crippen molar-refractivity contribution in [1.29, 1.82) is 0 Å². The molecule has 6 N–H and O–H groups in total. The van der Waals surface area contributed by atoms with Gasteiger partial charge in [-0.15, -0.1) is 0 Å². The van der Waals surface area contributed by atoms with E-state index in [1.807, 2.05) is 0 Å². The molecule has 39 heavy (non-hydrogen) atoms. The molecule has 0 saturated carbocycles. The van der Waals surface area contributed by atoms with Gasteiger partial charge in [-0.2, -0.15) is 0 Å². The lowest BCUT2D eigenvalue weighted by atomic mass is 9.90. The van der Waals surface area contributed by atoms with Crippen molar-refractivity contribution in [3.05, 3.63) is 58.3 Å². The summed E-state index contributed by atoms with van der Waals surface area (Å²) in [4.78, 5) is 26.2. The predicted molar refractivity (Wildman–Crippen MR) is 133 cm³/mol. The highest BCUT2D eigenvalue weighted by atomic mass is 16.7. The van der Waals surface area contributed by atoms with E-state index in [2.05, 4.69) is 0 Å². The largest absolute Gasteiger partial charge is 0.507 e. The molecule has 2 aliphatic heterocycles. The lowest BCUT2D eigenvalue weighted by Crippen LogP contribution is -2.60. The lowest BCUT2D eigenvalue weighted by molar-refractivity contribution is -0.314. The number of aliphatic hydroxyl groups excluding tert-OH is 4. The Labute approximate surface area is 221 Å². The molecule has 0 unspecified atom stereocenters. The van der Waals surface area contributed by atoms with Gasteiger partial charge in [-0.05, 0) is 13.8 Å². The molecule has 3 heterocycles. The zero-order valence-electron chi connectivity index (χ0n) is 20.9. The van der Waals surface area contributed by atoms with Gasteiger partial charge in [0, 0.05) is 17.7 Å². The molecule has 0 aliphatic carbocycles. The molecule has 3 aromatic rings. The van der Waals surface area contributed by atoms with E-state index < -0.39 is 83.4 Å². The van der Waals surface area contributed by atoms with Crippen molar-refractivity contribution in [2.45, 2.75) is 69.0 Å². The van der Waals surface area contributed by atoms with Crippen molar-refractivity contribution < 1.29 is 54.1 Å². The Hall–Kier alpha value is -3.36. The molecule has 12 heteroatoms. The maximum atomic E-state index is 13.1. The molecule has 0 radical (unpaired) electrons. The molecular weight excluding hydrogens is 516 g/mol. The number of aromatic hydroxyl groups is 2. The van der Waals surface area contributed by atoms with E-state index in [-0.39, 0.29) is 16.7 Å². The van der Waals surface area contributed by atoms with Gasteiger partial charge in [0.15, 0.2) is 23.6 Å². The first-order valence-corrected chi connectivity index (χ1v) is 12.3. The van der Waals surface area contributed by atoms with Crippen LogP contribution in [0.25, 0.3) is 22.3 Å². The number of carbonyl (C=O) groups excluding carboxylic acids is 1. The number of hydrogen-bond acceptors (Lipinski definition) is 12. The highest BCUT2D eigenvalue weighted by Crippen LogP contribution is 2.45. The molecular formula is C27H28O12. The van der Waals surface area contributed by atoms with E-state index in [4.69, 9.17) is 18.6 Å². The van der Waals surface area contributed by atoms with Crippen LogP contribution in [0.5, 0.6) is 11.5 Å². The smallest absolute Gasteiger partial charge is 0.197 e. The number of fused-ring (bicyclic) bond motifs is 1. The molecule has 1 aromatic heterocycles. The van der Waals surface area contributed by atoms with Crippen molar-refractivity contribution in [3.63, 3.8) is 0 Å². The topological polar surface area (TPSA) is 196 Å². The summed E-state index contributed by atoms with van der Waals surface area (Å²) >= 11 is 0. The molecule has 5 rings (SSSR count). The van der Waals surface area contributed by atoms with Crippen molar-refractivity contribution in [2.24, 2.45) is 0 Å². The van der Waals surface area contributed by atoms with Gasteiger partial charge in [0.25, 0.3) is 0 Å². The minimum absolute atomic E-state index is 0.134. The molecule has 2 aromatic carbocycles. The van der Waals surface area contributed by atoms with Crippen LogP contribution in [-0.2, 0) is 19.0 Å². The predicted octanol–water partition coefficient (Wildman–Crippen LogP) is 0.474. The zero-order chi connectivity index (χ0) is 28.2. The molecule has 2 aliphatic rings. The van der Waals surface area contributed by atoms with Crippen LogP contribution in [0.15, 0.2) is 51.7 Å². The minimum atomic E-state index is -1.79. The third-order valence-corrected chi connectivity index (χ3v) is 7.10. The van der Waals surface area contributed by atoms with Gasteiger partial charge in [0.2, 0.25) is 0 Å². The minimum Gasteiger partial charge on any atom is -0.507 e. The van der Waals surface area contributed by atoms with E-state index in [0.29, 0.717) is 5.56 Å². The summed E-state index contributed by atoms with van der Waals surface area (Å²) in [6.07, 6.45) is -13.7. The average Bonchev–Trinajstić information content (AvgIpc) is 2.91. The molecule has 2 fully saturated rings. The monoisotopic (exact) mass is 544 g/mol. The van der Waals surface area contributed by atoms with Crippen molar-refractivity contribution in [3.8, 4) is 22.8 Å². The van der Waals surface area contributed by atoms with Crippen LogP contribution in [0.1, 0.15) is 25.5 Å². The second kappa shape index (κ2) is 10.3. The van der Waals surface area contributed by atoms with Crippen LogP contribution in [0, 0.1) is 0 Å². The van der Waals surface area contributed by atoms with E-state index >= 15 is 0 Å². The fourth-order valence-corrected chi connectivity index (χ4v) is 4.88. The summed E-state index contributed by atoms with van der Waals surface area (Å²) in [5.41, 5.74) is -0.578. The Kier molecular flexibility index (Phi) is 7.20. The molecule has 0 spiro atoms. The van der Waals surface area contributed by atoms with Crippen LogP contribution >= 0.6 is 0 Å². The third-order valence-electron chi connectivity index (χ3n) is 7.10. The Bertz CT molecular complexity index is 1440. The molecule has 2 saturated heterocycles. The van der Waals surface area contributed by atoms with E-state index in [1.165, 1.54) is 19.9 Å². The summed E-state index contributed by atoms with van der Waals surface area (Å²) < 4.78 is 22.6. The summed E-state index contributed by atoms with van der Waals surface area (Å²) in [6.45, 7) is 2.79. The first-order chi connectivity index (χ1) is 18.5. The van der Waals surface area contributed by atoms with Gasteiger partial charge in [-0.1, -0.05) is 30.3 Å². The zero-order valence-corrected chi connectivity index (χ0v) is 20.9. The number of rotatable bonds is 4. The van der Waals surface area contributed by atoms with Crippen LogP contribution in [0.4, 0.5) is 0 Å². The number of aliphatic hydroxyl groups is 4. The van der Waals surface area contributed by atoms with Gasteiger partial charge in [-0.3, -0.25) is 9.59 Å². The van der Waals surface area contributed by atoms with Crippen molar-refractivity contribution in [2.75, 3.05) is 0 Å². The van der Waals surface area contributed by atoms with Gasteiger partial charge < -0.3 is 49.3 Å². The number of Topliss-reactive ketones (excluding diaryl/α,β-unsaturated/α-hetero) is 1. The fourth-order valence-electron chi connectivity index (χ4n) is 4.88. The summed E-state index contributed by atoms with van der Waals surface area (Å²) in [7, 11) is 0. The summed E-state index contributed by atoms with van der Waals surface area (Å²) in [5, 5.41) is 62.7. The van der Waals surface area contributed by atoms with Gasteiger partial charge in [0.1, 0.15) is 58.7 Å². The average molecular weight is 545 g/mol. The molecule has 9 atom stereocenters. The number of phenolic OH excluding ortho intramolecular Hbond substituents is 2. The van der Waals surface area contributed by atoms with E-state index in [9.17, 15) is 40.2 Å². The maximum Gasteiger partial charge on any atom is 0.197 e. The van der Waals surface area contributed by atoms with Gasteiger partial charge in [0.05, 0.1) is 17.8 Å². The summed E-state index contributed by atoms with van der Waals surface area (Å²) in [5.74, 6) is -2.06. The fraction of sp³-hybridized carbons (Fsp3) is 0.407. The van der Waals surface area contributed by atoms with Crippen LogP contribution in [-0.4, -0.2) is 85.4 Å². The van der Waals surface area contributed by atoms with Crippen LogP contribution in [0.2, 0.25) is 0 Å². The normalized spacial score (nSPS) is 33.4. The van der Waals surface area contributed by atoms with E-state index in [1.54, 1.807) is 30.3 Å². The highest BCUT2D eigenvalue weighted by molar-refractivity contribution is 5.92. The van der Waals surface area contributed by atoms with Crippen LogP contribution < -0.4 is 5.43 Å². The second-order valence-electron chi connectivity index (χ2n) is 9.72. The number of ether oxygens (including phenoxy) is 3. The molecule has 12 nitrogen and oxygen atoms in total. The molecule has 208 valence electrons. The van der Waals surface area contributed by atoms with E-state index in [0.717, 1.165) is 6.07 Å². The number of ketones is 1. The van der Waals surface area contributed by atoms with Crippen molar-refractivity contribution >= 4 is 16.8 Å². The quantitative estimate of drug-likeness (QED) is 0.266. The first kappa shape index (κ1) is 27.2. The van der Waals surface area contributed by atoms with Gasteiger partial charge >= 0.3 is 0 Å². The Balaban J connectivity index is 1.58. The Morgan fingerprint density at radius 3 is 2.23 bits per heavy atom.